The van der Waals surface area contributed by atoms with Crippen molar-refractivity contribution in [1.82, 2.24) is 5.32 Å². The molecular formula is C22H20ClIN2O2. The van der Waals surface area contributed by atoms with E-state index in [1.54, 1.807) is 6.08 Å². The Hall–Kier alpha value is -2.04. The standard InChI is InChI=1S/C22H20ClIN2O2/c23-18-8-5-15(6-9-18)14-28-21-10-7-16(12-20(21)24)11-17(13-25)22(27)26-19-3-1-2-4-19/h5-12,19H,1-4,14H2,(H,26,27)/b17-11-. The molecule has 0 heterocycles. The van der Waals surface area contributed by atoms with Crippen LogP contribution in [0.2, 0.25) is 5.02 Å². The summed E-state index contributed by atoms with van der Waals surface area (Å²) in [6.45, 7) is 0.440. The van der Waals surface area contributed by atoms with Gasteiger partial charge in [0.2, 0.25) is 0 Å². The summed E-state index contributed by atoms with van der Waals surface area (Å²) in [4.78, 5) is 12.3. The van der Waals surface area contributed by atoms with Crippen LogP contribution in [0.4, 0.5) is 0 Å². The van der Waals surface area contributed by atoms with Crippen LogP contribution in [0, 0.1) is 14.9 Å². The first-order valence-electron chi connectivity index (χ1n) is 9.14. The predicted molar refractivity (Wildman–Crippen MR) is 119 cm³/mol. The van der Waals surface area contributed by atoms with Gasteiger partial charge in [0.1, 0.15) is 24.0 Å². The Morgan fingerprint density at radius 2 is 1.96 bits per heavy atom. The van der Waals surface area contributed by atoms with Crippen molar-refractivity contribution < 1.29 is 9.53 Å². The van der Waals surface area contributed by atoms with E-state index < -0.39 is 0 Å². The lowest BCUT2D eigenvalue weighted by Gasteiger charge is -2.11. The van der Waals surface area contributed by atoms with Gasteiger partial charge >= 0.3 is 0 Å². The van der Waals surface area contributed by atoms with E-state index >= 15 is 0 Å². The van der Waals surface area contributed by atoms with Crippen molar-refractivity contribution in [2.75, 3.05) is 0 Å². The first-order chi connectivity index (χ1) is 13.5. The summed E-state index contributed by atoms with van der Waals surface area (Å²) in [5, 5.41) is 13.0. The summed E-state index contributed by atoms with van der Waals surface area (Å²) < 4.78 is 6.78. The van der Waals surface area contributed by atoms with Crippen molar-refractivity contribution >= 4 is 46.2 Å². The van der Waals surface area contributed by atoms with Gasteiger partial charge in [0.05, 0.1) is 3.57 Å². The highest BCUT2D eigenvalue weighted by molar-refractivity contribution is 14.1. The topological polar surface area (TPSA) is 62.1 Å². The number of carbonyl (C=O) groups excluding carboxylic acids is 1. The van der Waals surface area contributed by atoms with Gasteiger partial charge in [-0.15, -0.1) is 0 Å². The fourth-order valence-corrected chi connectivity index (χ4v) is 3.94. The Kier molecular flexibility index (Phi) is 7.35. The molecule has 0 aliphatic heterocycles. The maximum absolute atomic E-state index is 12.3. The van der Waals surface area contributed by atoms with E-state index in [1.807, 2.05) is 48.5 Å². The van der Waals surface area contributed by atoms with Crippen molar-refractivity contribution in [3.05, 3.63) is 67.8 Å². The predicted octanol–water partition coefficient (Wildman–Crippen LogP) is 5.49. The van der Waals surface area contributed by atoms with E-state index in [-0.39, 0.29) is 17.5 Å². The number of hydrogen-bond donors (Lipinski definition) is 1. The van der Waals surface area contributed by atoms with Crippen molar-refractivity contribution in [3.8, 4) is 11.8 Å². The molecule has 1 aliphatic rings. The molecule has 0 saturated heterocycles. The van der Waals surface area contributed by atoms with Crippen molar-refractivity contribution in [3.63, 3.8) is 0 Å². The number of rotatable bonds is 6. The van der Waals surface area contributed by atoms with Gasteiger partial charge in [-0.3, -0.25) is 4.79 Å². The number of nitrogens with zero attached hydrogens (tertiary/aromatic N) is 1. The lowest BCUT2D eigenvalue weighted by atomic mass is 10.1. The smallest absolute Gasteiger partial charge is 0.262 e. The van der Waals surface area contributed by atoms with Crippen LogP contribution in [0.15, 0.2) is 48.0 Å². The molecule has 1 aliphatic carbocycles. The number of nitriles is 1. The van der Waals surface area contributed by atoms with E-state index in [1.165, 1.54) is 0 Å². The Morgan fingerprint density at radius 3 is 2.61 bits per heavy atom. The molecule has 1 N–H and O–H groups in total. The molecule has 3 rings (SSSR count). The van der Waals surface area contributed by atoms with Crippen molar-refractivity contribution in [2.45, 2.75) is 38.3 Å². The highest BCUT2D eigenvalue weighted by Gasteiger charge is 2.19. The van der Waals surface area contributed by atoms with E-state index in [0.29, 0.717) is 11.6 Å². The number of ether oxygens (including phenoxy) is 1. The van der Waals surface area contributed by atoms with Crippen LogP contribution in [-0.2, 0) is 11.4 Å². The zero-order chi connectivity index (χ0) is 19.9. The number of halogens is 2. The second kappa shape index (κ2) is 9.94. The van der Waals surface area contributed by atoms with Crippen LogP contribution in [0.25, 0.3) is 6.08 Å². The van der Waals surface area contributed by atoms with Crippen LogP contribution >= 0.6 is 34.2 Å². The average Bonchev–Trinajstić information content (AvgIpc) is 3.19. The molecule has 0 radical (unpaired) electrons. The quantitative estimate of drug-likeness (QED) is 0.320. The van der Waals surface area contributed by atoms with Gasteiger partial charge in [0.25, 0.3) is 5.91 Å². The maximum Gasteiger partial charge on any atom is 0.262 e. The highest BCUT2D eigenvalue weighted by atomic mass is 127. The first kappa shape index (κ1) is 20.7. The lowest BCUT2D eigenvalue weighted by Crippen LogP contribution is -2.33. The molecule has 1 fully saturated rings. The van der Waals surface area contributed by atoms with Gasteiger partial charge in [0.15, 0.2) is 0 Å². The minimum atomic E-state index is -0.299. The fourth-order valence-electron chi connectivity index (χ4n) is 3.11. The third-order valence-electron chi connectivity index (χ3n) is 4.63. The third-order valence-corrected chi connectivity index (χ3v) is 5.72. The number of benzene rings is 2. The van der Waals surface area contributed by atoms with Gasteiger partial charge < -0.3 is 10.1 Å². The van der Waals surface area contributed by atoms with Crippen LogP contribution in [0.1, 0.15) is 36.8 Å². The average molecular weight is 507 g/mol. The Morgan fingerprint density at radius 1 is 1.25 bits per heavy atom. The summed E-state index contributed by atoms with van der Waals surface area (Å²) in [5.41, 5.74) is 1.94. The molecular weight excluding hydrogens is 487 g/mol. The SMILES string of the molecule is N#C/C(=C/c1ccc(OCc2ccc(Cl)cc2)c(I)c1)C(=O)NC1CCCC1. The minimum absolute atomic E-state index is 0.123. The molecule has 0 aromatic heterocycles. The number of amides is 1. The normalized spacial score (nSPS) is 14.5. The van der Waals surface area contributed by atoms with Crippen LogP contribution in [0.3, 0.4) is 0 Å². The Bertz CT molecular complexity index is 913. The van der Waals surface area contributed by atoms with Crippen LogP contribution in [-0.4, -0.2) is 11.9 Å². The van der Waals surface area contributed by atoms with E-state index in [4.69, 9.17) is 16.3 Å². The number of hydrogen-bond acceptors (Lipinski definition) is 3. The molecule has 1 saturated carbocycles. The second-order valence-electron chi connectivity index (χ2n) is 6.73. The molecule has 0 bridgehead atoms. The summed E-state index contributed by atoms with van der Waals surface area (Å²) in [7, 11) is 0. The zero-order valence-corrected chi connectivity index (χ0v) is 18.2. The van der Waals surface area contributed by atoms with Crippen LogP contribution < -0.4 is 10.1 Å². The summed E-state index contributed by atoms with van der Waals surface area (Å²) in [5.74, 6) is 0.453. The number of nitrogens with one attached hydrogen (secondary N) is 1. The zero-order valence-electron chi connectivity index (χ0n) is 15.3. The van der Waals surface area contributed by atoms with E-state index in [2.05, 4.69) is 27.9 Å². The summed E-state index contributed by atoms with van der Waals surface area (Å²) in [6, 6.07) is 15.3. The molecule has 6 heteroatoms. The number of carbonyl (C=O) groups is 1. The molecule has 28 heavy (non-hydrogen) atoms. The van der Waals surface area contributed by atoms with Gasteiger partial charge in [-0.25, -0.2) is 0 Å². The fraction of sp³-hybridized carbons (Fsp3) is 0.273. The monoisotopic (exact) mass is 506 g/mol. The molecule has 1 amide bonds. The first-order valence-corrected chi connectivity index (χ1v) is 10.6. The summed E-state index contributed by atoms with van der Waals surface area (Å²) in [6.07, 6.45) is 5.86. The molecule has 144 valence electrons. The van der Waals surface area contributed by atoms with Gasteiger partial charge in [-0.1, -0.05) is 42.6 Å². The second-order valence-corrected chi connectivity index (χ2v) is 8.33. The van der Waals surface area contributed by atoms with Gasteiger partial charge in [0, 0.05) is 11.1 Å². The molecule has 4 nitrogen and oxygen atoms in total. The molecule has 0 spiro atoms. The molecule has 0 unspecified atom stereocenters. The third kappa shape index (κ3) is 5.73. The van der Waals surface area contributed by atoms with Gasteiger partial charge in [-0.2, -0.15) is 5.26 Å². The van der Waals surface area contributed by atoms with Gasteiger partial charge in [-0.05, 0) is 76.9 Å². The highest BCUT2D eigenvalue weighted by Crippen LogP contribution is 2.25. The largest absolute Gasteiger partial charge is 0.488 e. The maximum atomic E-state index is 12.3. The van der Waals surface area contributed by atoms with Crippen molar-refractivity contribution in [2.24, 2.45) is 0 Å². The molecule has 0 atom stereocenters. The van der Waals surface area contributed by atoms with E-state index in [9.17, 15) is 10.1 Å². The van der Waals surface area contributed by atoms with Crippen LogP contribution in [0.5, 0.6) is 5.75 Å². The Balaban J connectivity index is 1.66. The Labute approximate surface area is 183 Å². The molecule has 2 aromatic rings. The summed E-state index contributed by atoms with van der Waals surface area (Å²) >= 11 is 8.09. The van der Waals surface area contributed by atoms with E-state index in [0.717, 1.165) is 46.1 Å². The molecule has 2 aromatic carbocycles. The minimum Gasteiger partial charge on any atom is -0.488 e. The lowest BCUT2D eigenvalue weighted by molar-refractivity contribution is -0.117. The van der Waals surface area contributed by atoms with Crippen molar-refractivity contribution in [1.29, 1.82) is 5.26 Å².